The highest BCUT2D eigenvalue weighted by molar-refractivity contribution is 6.30. The topological polar surface area (TPSA) is 27.1 Å². The van der Waals surface area contributed by atoms with Gasteiger partial charge in [-0.25, -0.2) is 4.68 Å². The van der Waals surface area contributed by atoms with E-state index in [1.165, 1.54) is 0 Å². The molecule has 0 fully saturated rings. The summed E-state index contributed by atoms with van der Waals surface area (Å²) in [6, 6.07) is 0. The SMILES string of the molecule is COc1c(C)c(Cl)nn1C(C)(C)C. The van der Waals surface area contributed by atoms with Gasteiger partial charge in [0.25, 0.3) is 0 Å². The largest absolute Gasteiger partial charge is 0.481 e. The second kappa shape index (κ2) is 3.22. The molecule has 0 unspecified atom stereocenters. The van der Waals surface area contributed by atoms with Gasteiger partial charge in [0.05, 0.1) is 12.6 Å². The Hall–Kier alpha value is -0.700. The normalized spacial score (nSPS) is 11.8. The molecule has 1 aromatic heterocycles. The summed E-state index contributed by atoms with van der Waals surface area (Å²) >= 11 is 5.91. The Morgan fingerprint density at radius 1 is 1.38 bits per heavy atom. The highest BCUT2D eigenvalue weighted by Gasteiger charge is 2.22. The summed E-state index contributed by atoms with van der Waals surface area (Å²) < 4.78 is 7.04. The first-order valence-electron chi connectivity index (χ1n) is 4.17. The quantitative estimate of drug-likeness (QED) is 0.700. The molecule has 0 saturated heterocycles. The Kier molecular flexibility index (Phi) is 2.57. The lowest BCUT2D eigenvalue weighted by Crippen LogP contribution is -2.23. The molecule has 0 amide bonds. The smallest absolute Gasteiger partial charge is 0.216 e. The first kappa shape index (κ1) is 10.4. The van der Waals surface area contributed by atoms with Crippen molar-refractivity contribution >= 4 is 11.6 Å². The number of hydrogen-bond donors (Lipinski definition) is 0. The molecule has 0 bridgehead atoms. The van der Waals surface area contributed by atoms with Gasteiger partial charge in [0.1, 0.15) is 0 Å². The highest BCUT2D eigenvalue weighted by Crippen LogP contribution is 2.29. The van der Waals surface area contributed by atoms with Gasteiger partial charge in [-0.15, -0.1) is 0 Å². The van der Waals surface area contributed by atoms with Crippen LogP contribution in [-0.4, -0.2) is 16.9 Å². The lowest BCUT2D eigenvalue weighted by Gasteiger charge is -2.21. The summed E-state index contributed by atoms with van der Waals surface area (Å²) in [7, 11) is 1.63. The molecule has 0 atom stereocenters. The van der Waals surface area contributed by atoms with Crippen LogP contribution in [0.5, 0.6) is 5.88 Å². The van der Waals surface area contributed by atoms with Crippen LogP contribution in [0.3, 0.4) is 0 Å². The fourth-order valence-electron chi connectivity index (χ4n) is 1.15. The molecule has 74 valence electrons. The second-order valence-corrected chi connectivity index (χ2v) is 4.37. The summed E-state index contributed by atoms with van der Waals surface area (Å²) in [4.78, 5) is 0. The van der Waals surface area contributed by atoms with Gasteiger partial charge in [-0.1, -0.05) is 11.6 Å². The Labute approximate surface area is 83.6 Å². The van der Waals surface area contributed by atoms with E-state index in [4.69, 9.17) is 16.3 Å². The molecule has 0 aromatic carbocycles. The summed E-state index contributed by atoms with van der Waals surface area (Å²) in [6.45, 7) is 8.06. The molecular weight excluding hydrogens is 188 g/mol. The molecule has 0 spiro atoms. The van der Waals surface area contributed by atoms with E-state index >= 15 is 0 Å². The zero-order valence-corrected chi connectivity index (χ0v) is 9.44. The van der Waals surface area contributed by atoms with E-state index < -0.39 is 0 Å². The number of aromatic nitrogens is 2. The summed E-state index contributed by atoms with van der Waals surface area (Å²) in [6.07, 6.45) is 0. The monoisotopic (exact) mass is 202 g/mol. The number of rotatable bonds is 1. The second-order valence-electron chi connectivity index (χ2n) is 4.01. The van der Waals surface area contributed by atoms with Gasteiger partial charge in [-0.05, 0) is 27.7 Å². The fraction of sp³-hybridized carbons (Fsp3) is 0.667. The van der Waals surface area contributed by atoms with Crippen molar-refractivity contribution in [3.8, 4) is 5.88 Å². The molecule has 0 aliphatic rings. The Balaban J connectivity index is 3.30. The maximum Gasteiger partial charge on any atom is 0.216 e. The lowest BCUT2D eigenvalue weighted by atomic mass is 10.1. The zero-order chi connectivity index (χ0) is 10.2. The van der Waals surface area contributed by atoms with Crippen molar-refractivity contribution < 1.29 is 4.74 Å². The summed E-state index contributed by atoms with van der Waals surface area (Å²) in [5.41, 5.74) is 0.780. The molecule has 4 heteroatoms. The standard InChI is InChI=1S/C9H15ClN2O/c1-6-7(10)11-12(8(6)13-5)9(2,3)4/h1-5H3. The number of halogens is 1. The zero-order valence-electron chi connectivity index (χ0n) is 8.68. The van der Waals surface area contributed by atoms with Crippen LogP contribution in [0, 0.1) is 6.92 Å². The average Bonchev–Trinajstić information content (AvgIpc) is 2.28. The number of ether oxygens (including phenoxy) is 1. The molecular formula is C9H15ClN2O. The predicted molar refractivity (Wildman–Crippen MR) is 53.5 cm³/mol. The molecule has 0 aliphatic heterocycles. The molecule has 0 aliphatic carbocycles. The van der Waals surface area contributed by atoms with Crippen LogP contribution in [0.4, 0.5) is 0 Å². The van der Waals surface area contributed by atoms with Crippen LogP contribution in [0.1, 0.15) is 26.3 Å². The van der Waals surface area contributed by atoms with E-state index in [0.29, 0.717) is 5.15 Å². The maximum atomic E-state index is 5.91. The third-order valence-electron chi connectivity index (χ3n) is 1.84. The molecule has 1 heterocycles. The van der Waals surface area contributed by atoms with E-state index in [9.17, 15) is 0 Å². The van der Waals surface area contributed by atoms with Crippen molar-refractivity contribution in [2.24, 2.45) is 0 Å². The van der Waals surface area contributed by atoms with Crippen molar-refractivity contribution in [2.45, 2.75) is 33.2 Å². The minimum Gasteiger partial charge on any atom is -0.481 e. The maximum absolute atomic E-state index is 5.91. The third kappa shape index (κ3) is 1.80. The van der Waals surface area contributed by atoms with Gasteiger partial charge < -0.3 is 4.74 Å². The van der Waals surface area contributed by atoms with E-state index in [1.54, 1.807) is 11.8 Å². The van der Waals surface area contributed by atoms with Crippen LogP contribution in [0.25, 0.3) is 0 Å². The highest BCUT2D eigenvalue weighted by atomic mass is 35.5. The lowest BCUT2D eigenvalue weighted by molar-refractivity contribution is 0.281. The first-order valence-corrected chi connectivity index (χ1v) is 4.55. The molecule has 13 heavy (non-hydrogen) atoms. The van der Waals surface area contributed by atoms with Gasteiger partial charge >= 0.3 is 0 Å². The van der Waals surface area contributed by atoms with Crippen molar-refractivity contribution in [3.05, 3.63) is 10.7 Å². The van der Waals surface area contributed by atoms with E-state index in [0.717, 1.165) is 11.4 Å². The minimum absolute atomic E-state index is 0.108. The third-order valence-corrected chi connectivity index (χ3v) is 2.20. The number of hydrogen-bond acceptors (Lipinski definition) is 2. The molecule has 3 nitrogen and oxygen atoms in total. The Morgan fingerprint density at radius 3 is 2.23 bits per heavy atom. The first-order chi connectivity index (χ1) is 5.88. The molecule has 1 aromatic rings. The average molecular weight is 203 g/mol. The van der Waals surface area contributed by atoms with Crippen LogP contribution in [0.2, 0.25) is 5.15 Å². The van der Waals surface area contributed by atoms with Gasteiger partial charge in [0.15, 0.2) is 5.15 Å². The van der Waals surface area contributed by atoms with E-state index in [-0.39, 0.29) is 5.54 Å². The molecule has 1 rings (SSSR count). The van der Waals surface area contributed by atoms with E-state index in [2.05, 4.69) is 25.9 Å². The molecule has 0 saturated carbocycles. The number of nitrogens with zero attached hydrogens (tertiary/aromatic N) is 2. The van der Waals surface area contributed by atoms with E-state index in [1.807, 2.05) is 6.92 Å². The minimum atomic E-state index is -0.108. The Morgan fingerprint density at radius 2 is 1.92 bits per heavy atom. The van der Waals surface area contributed by atoms with Crippen molar-refractivity contribution in [1.82, 2.24) is 9.78 Å². The molecule has 0 radical (unpaired) electrons. The number of methoxy groups -OCH3 is 1. The van der Waals surface area contributed by atoms with Gasteiger partial charge in [-0.2, -0.15) is 5.10 Å². The van der Waals surface area contributed by atoms with Crippen molar-refractivity contribution in [1.29, 1.82) is 0 Å². The Bertz CT molecular complexity index is 312. The van der Waals surface area contributed by atoms with Crippen LogP contribution in [-0.2, 0) is 5.54 Å². The van der Waals surface area contributed by atoms with Crippen molar-refractivity contribution in [3.63, 3.8) is 0 Å². The molecule has 0 N–H and O–H groups in total. The van der Waals surface area contributed by atoms with Gasteiger partial charge in [0, 0.05) is 5.56 Å². The van der Waals surface area contributed by atoms with Crippen LogP contribution >= 0.6 is 11.6 Å². The van der Waals surface area contributed by atoms with Gasteiger partial charge in [0.2, 0.25) is 5.88 Å². The predicted octanol–water partition coefficient (Wildman–Crippen LogP) is 2.61. The van der Waals surface area contributed by atoms with Crippen molar-refractivity contribution in [2.75, 3.05) is 7.11 Å². The summed E-state index contributed by atoms with van der Waals surface area (Å²) in [5, 5.41) is 4.72. The fourth-order valence-corrected chi connectivity index (χ4v) is 1.31. The summed E-state index contributed by atoms with van der Waals surface area (Å²) in [5.74, 6) is 0.734. The van der Waals surface area contributed by atoms with Gasteiger partial charge in [-0.3, -0.25) is 0 Å². The van der Waals surface area contributed by atoms with Crippen LogP contribution in [0.15, 0.2) is 0 Å². The van der Waals surface area contributed by atoms with Crippen LogP contribution < -0.4 is 4.74 Å².